The zero-order valence-electron chi connectivity index (χ0n) is 13.0. The molecule has 0 spiro atoms. The molecular weight excluding hydrogens is 395 g/mol. The lowest BCUT2D eigenvalue weighted by molar-refractivity contribution is 0.152. The maximum atomic E-state index is 5.30. The molecule has 0 aliphatic rings. The van der Waals surface area contributed by atoms with Gasteiger partial charge in [-0.15, -0.1) is 34.2 Å². The van der Waals surface area contributed by atoms with Gasteiger partial charge >= 0.3 is 0 Å². The summed E-state index contributed by atoms with van der Waals surface area (Å²) < 4.78 is 7.24. The summed E-state index contributed by atoms with van der Waals surface area (Å²) in [5, 5.41) is 14.7. The minimum Gasteiger partial charge on any atom is -0.380 e. The van der Waals surface area contributed by atoms with Crippen molar-refractivity contribution in [3.63, 3.8) is 0 Å². The number of hydrogen-bond acceptors (Lipinski definition) is 4. The van der Waals surface area contributed by atoms with E-state index in [1.165, 1.54) is 0 Å². The molecule has 0 aromatic carbocycles. The lowest BCUT2D eigenvalue weighted by Gasteiger charge is -2.10. The van der Waals surface area contributed by atoms with Gasteiger partial charge < -0.3 is 15.4 Å². The molecule has 0 bridgehead atoms. The molecule has 2 rings (SSSR count). The van der Waals surface area contributed by atoms with Gasteiger partial charge in [0.05, 0.1) is 6.61 Å². The molecule has 2 aromatic rings. The first-order valence-electron chi connectivity index (χ1n) is 7.23. The van der Waals surface area contributed by atoms with Crippen LogP contribution in [0, 0.1) is 0 Å². The lowest BCUT2D eigenvalue weighted by atomic mass is 10.4. The molecule has 2 heterocycles. The molecule has 0 saturated heterocycles. The monoisotopic (exact) mass is 418 g/mol. The molecule has 0 unspecified atom stereocenters. The van der Waals surface area contributed by atoms with Crippen molar-refractivity contribution < 1.29 is 4.74 Å². The van der Waals surface area contributed by atoms with Crippen LogP contribution in [0.4, 0.5) is 0 Å². The van der Waals surface area contributed by atoms with Crippen LogP contribution >= 0.6 is 24.0 Å². The maximum Gasteiger partial charge on any atom is 0.191 e. The van der Waals surface area contributed by atoms with E-state index in [1.54, 1.807) is 0 Å². The first kappa shape index (κ1) is 18.6. The fourth-order valence-electron chi connectivity index (χ4n) is 1.88. The number of nitrogens with zero attached hydrogens (tertiary/aromatic N) is 4. The van der Waals surface area contributed by atoms with Gasteiger partial charge in [0.2, 0.25) is 0 Å². The van der Waals surface area contributed by atoms with Gasteiger partial charge in [-0.25, -0.2) is 4.99 Å². The summed E-state index contributed by atoms with van der Waals surface area (Å²) in [7, 11) is 0. The van der Waals surface area contributed by atoms with E-state index >= 15 is 0 Å². The summed E-state index contributed by atoms with van der Waals surface area (Å²) in [5.41, 5.74) is 0.831. The second-order valence-corrected chi connectivity index (χ2v) is 4.36. The highest BCUT2D eigenvalue weighted by Crippen LogP contribution is 2.03. The number of rotatable bonds is 7. The Morgan fingerprint density at radius 1 is 1.27 bits per heavy atom. The highest BCUT2D eigenvalue weighted by molar-refractivity contribution is 14.0. The number of halogens is 1. The number of nitrogens with one attached hydrogen (secondary N) is 2. The third kappa shape index (κ3) is 5.41. The summed E-state index contributed by atoms with van der Waals surface area (Å²) >= 11 is 0. The molecule has 0 fully saturated rings. The molecule has 0 aliphatic carbocycles. The third-order valence-electron chi connectivity index (χ3n) is 2.85. The van der Waals surface area contributed by atoms with Gasteiger partial charge in [0.1, 0.15) is 6.54 Å². The van der Waals surface area contributed by atoms with Gasteiger partial charge in [-0.1, -0.05) is 6.07 Å². The Hall–Kier alpha value is -1.42. The Balaban J connectivity index is 0.00000242. The SMILES string of the molecule is CCNC(=NCc1nnc2ccccn12)NCCOCC.I. The number of aromatic nitrogens is 3. The first-order chi connectivity index (χ1) is 10.3. The molecular formula is C14H23IN6O. The molecule has 7 nitrogen and oxygen atoms in total. The Morgan fingerprint density at radius 2 is 2.14 bits per heavy atom. The summed E-state index contributed by atoms with van der Waals surface area (Å²) in [5.74, 6) is 1.57. The Kier molecular flexibility index (Phi) is 8.75. The Morgan fingerprint density at radius 3 is 2.91 bits per heavy atom. The van der Waals surface area contributed by atoms with Crippen LogP contribution in [0.5, 0.6) is 0 Å². The fraction of sp³-hybridized carbons (Fsp3) is 0.500. The molecule has 122 valence electrons. The minimum atomic E-state index is 0. The van der Waals surface area contributed by atoms with Crippen molar-refractivity contribution in [2.75, 3.05) is 26.3 Å². The molecule has 0 radical (unpaired) electrons. The highest BCUT2D eigenvalue weighted by atomic mass is 127. The lowest BCUT2D eigenvalue weighted by Crippen LogP contribution is -2.39. The Labute approximate surface area is 147 Å². The van der Waals surface area contributed by atoms with Gasteiger partial charge in [-0.2, -0.15) is 0 Å². The van der Waals surface area contributed by atoms with Gasteiger partial charge in [0.15, 0.2) is 17.4 Å². The van der Waals surface area contributed by atoms with E-state index in [4.69, 9.17) is 4.74 Å². The van der Waals surface area contributed by atoms with Gasteiger partial charge in [0.25, 0.3) is 0 Å². The summed E-state index contributed by atoms with van der Waals surface area (Å²) in [6.45, 7) is 7.40. The van der Waals surface area contributed by atoms with E-state index < -0.39 is 0 Å². The predicted molar refractivity (Wildman–Crippen MR) is 97.7 cm³/mol. The summed E-state index contributed by atoms with van der Waals surface area (Å²) in [4.78, 5) is 4.52. The van der Waals surface area contributed by atoms with Crippen LogP contribution in [0.15, 0.2) is 29.4 Å². The van der Waals surface area contributed by atoms with E-state index in [9.17, 15) is 0 Å². The summed E-state index contributed by atoms with van der Waals surface area (Å²) in [6.07, 6.45) is 1.94. The first-order valence-corrected chi connectivity index (χ1v) is 7.23. The topological polar surface area (TPSA) is 75.8 Å². The van der Waals surface area contributed by atoms with Gasteiger partial charge in [-0.3, -0.25) is 4.40 Å². The number of aliphatic imine (C=N–C) groups is 1. The molecule has 0 saturated carbocycles. The molecule has 22 heavy (non-hydrogen) atoms. The quantitative estimate of drug-likeness (QED) is 0.308. The van der Waals surface area contributed by atoms with Gasteiger partial charge in [0, 0.05) is 25.9 Å². The van der Waals surface area contributed by atoms with Crippen molar-refractivity contribution >= 4 is 35.6 Å². The van der Waals surface area contributed by atoms with E-state index in [2.05, 4.69) is 25.8 Å². The smallest absolute Gasteiger partial charge is 0.191 e. The number of fused-ring (bicyclic) bond motifs is 1. The van der Waals surface area contributed by atoms with Crippen LogP contribution in [0.1, 0.15) is 19.7 Å². The van der Waals surface area contributed by atoms with Crippen LogP contribution in [-0.2, 0) is 11.3 Å². The maximum absolute atomic E-state index is 5.30. The molecule has 0 aliphatic heterocycles. The van der Waals surface area contributed by atoms with E-state index in [0.29, 0.717) is 13.2 Å². The number of pyridine rings is 1. The van der Waals surface area contributed by atoms with Crippen LogP contribution in [0.25, 0.3) is 5.65 Å². The van der Waals surface area contributed by atoms with Gasteiger partial charge in [-0.05, 0) is 26.0 Å². The average molecular weight is 418 g/mol. The molecule has 2 N–H and O–H groups in total. The number of hydrogen-bond donors (Lipinski definition) is 2. The van der Waals surface area contributed by atoms with Crippen molar-refractivity contribution in [2.24, 2.45) is 4.99 Å². The third-order valence-corrected chi connectivity index (χ3v) is 2.85. The largest absolute Gasteiger partial charge is 0.380 e. The van der Waals surface area contributed by atoms with Crippen molar-refractivity contribution in [3.8, 4) is 0 Å². The van der Waals surface area contributed by atoms with Crippen LogP contribution in [-0.4, -0.2) is 46.9 Å². The number of guanidine groups is 1. The van der Waals surface area contributed by atoms with Crippen LogP contribution < -0.4 is 10.6 Å². The van der Waals surface area contributed by atoms with Crippen molar-refractivity contribution in [1.82, 2.24) is 25.2 Å². The molecule has 0 atom stereocenters. The molecule has 8 heteroatoms. The zero-order chi connectivity index (χ0) is 14.9. The van der Waals surface area contributed by atoms with Crippen LogP contribution in [0.3, 0.4) is 0 Å². The highest BCUT2D eigenvalue weighted by Gasteiger charge is 2.04. The van der Waals surface area contributed by atoms with Crippen LogP contribution in [0.2, 0.25) is 0 Å². The van der Waals surface area contributed by atoms with E-state index in [-0.39, 0.29) is 24.0 Å². The van der Waals surface area contributed by atoms with E-state index in [0.717, 1.165) is 37.1 Å². The normalized spacial score (nSPS) is 11.3. The summed E-state index contributed by atoms with van der Waals surface area (Å²) in [6, 6.07) is 5.82. The second kappa shape index (κ2) is 10.3. The van der Waals surface area contributed by atoms with Crippen molar-refractivity contribution in [3.05, 3.63) is 30.2 Å². The molecule has 0 amide bonds. The molecule has 2 aromatic heterocycles. The standard InChI is InChI=1S/C14H22N6O.HI/c1-3-15-14(16-8-10-21-4-2)17-11-13-19-18-12-7-5-6-9-20(12)13;/h5-7,9H,3-4,8,10-11H2,1-2H3,(H2,15,16,17);1H. The van der Waals surface area contributed by atoms with Crippen molar-refractivity contribution in [1.29, 1.82) is 0 Å². The predicted octanol–water partition coefficient (Wildman–Crippen LogP) is 1.44. The Bertz CT molecular complexity index is 585. The fourth-order valence-corrected chi connectivity index (χ4v) is 1.88. The minimum absolute atomic E-state index is 0. The zero-order valence-corrected chi connectivity index (χ0v) is 15.3. The van der Waals surface area contributed by atoms with Crippen molar-refractivity contribution in [2.45, 2.75) is 20.4 Å². The number of ether oxygens (including phenoxy) is 1. The second-order valence-electron chi connectivity index (χ2n) is 4.36. The van der Waals surface area contributed by atoms with E-state index in [1.807, 2.05) is 42.6 Å². The average Bonchev–Trinajstić information content (AvgIpc) is 2.92.